The summed E-state index contributed by atoms with van der Waals surface area (Å²) < 4.78 is 5.41. The normalized spacial score (nSPS) is 25.0. The number of piperidine rings is 1. The maximum absolute atomic E-state index is 13.6. The lowest BCUT2D eigenvalue weighted by Gasteiger charge is -2.48. The molecule has 9 nitrogen and oxygen atoms in total. The van der Waals surface area contributed by atoms with Crippen molar-refractivity contribution in [2.45, 2.75) is 65.6 Å². The van der Waals surface area contributed by atoms with Gasteiger partial charge in [0.2, 0.25) is 11.8 Å². The molecular formula is C23H35N5O4. The predicted molar refractivity (Wildman–Crippen MR) is 118 cm³/mol. The number of amides is 3. The lowest BCUT2D eigenvalue weighted by atomic mass is 10.0. The molecule has 0 aliphatic carbocycles. The van der Waals surface area contributed by atoms with E-state index < -0.39 is 12.1 Å². The van der Waals surface area contributed by atoms with Gasteiger partial charge in [-0.25, -0.2) is 0 Å². The summed E-state index contributed by atoms with van der Waals surface area (Å²) >= 11 is 0. The number of fused-ring (bicyclic) bond motifs is 1. The summed E-state index contributed by atoms with van der Waals surface area (Å²) in [6.07, 6.45) is 3.54. The zero-order valence-electron chi connectivity index (χ0n) is 19.7. The molecule has 4 heterocycles. The molecular weight excluding hydrogens is 410 g/mol. The highest BCUT2D eigenvalue weighted by molar-refractivity contribution is 6.00. The van der Waals surface area contributed by atoms with Crippen LogP contribution in [0.3, 0.4) is 0 Å². The zero-order chi connectivity index (χ0) is 23.0. The first-order valence-electron chi connectivity index (χ1n) is 11.9. The van der Waals surface area contributed by atoms with Gasteiger partial charge in [0.05, 0.1) is 6.54 Å². The van der Waals surface area contributed by atoms with Crippen LogP contribution in [0.15, 0.2) is 4.52 Å². The summed E-state index contributed by atoms with van der Waals surface area (Å²) in [6, 6.07) is -1.27. The molecule has 0 saturated carbocycles. The molecule has 0 aromatic carbocycles. The van der Waals surface area contributed by atoms with Gasteiger partial charge in [-0.05, 0) is 45.7 Å². The molecule has 3 saturated heterocycles. The average molecular weight is 446 g/mol. The van der Waals surface area contributed by atoms with E-state index >= 15 is 0 Å². The van der Waals surface area contributed by atoms with E-state index in [1.807, 2.05) is 11.8 Å². The van der Waals surface area contributed by atoms with Crippen molar-refractivity contribution < 1.29 is 18.9 Å². The Labute approximate surface area is 189 Å². The standard InChI is InChI=1S/C23H35N5O4/c1-15(2)12-26-10-11-27-19(22(26)30)14-28(16(3)21(27)29)23(31)20-18(17(4)32-24-20)13-25-8-6-5-7-9-25/h15-16,19H,5-14H2,1-4H3/t16-,19-/m0/s1. The first-order chi connectivity index (χ1) is 15.3. The number of carbonyl (C=O) groups excluding carboxylic acids is 3. The SMILES string of the molecule is Cc1onc(C(=O)N2C[C@H]3C(=O)N(CC(C)C)CCN3C(=O)[C@@H]2C)c1CN1CCCCC1. The van der Waals surface area contributed by atoms with Crippen molar-refractivity contribution in [3.8, 4) is 0 Å². The fraction of sp³-hybridized carbons (Fsp3) is 0.739. The molecule has 176 valence electrons. The van der Waals surface area contributed by atoms with Gasteiger partial charge in [0.15, 0.2) is 5.69 Å². The molecule has 0 bridgehead atoms. The molecule has 0 unspecified atom stereocenters. The van der Waals surface area contributed by atoms with E-state index in [-0.39, 0.29) is 30.0 Å². The highest BCUT2D eigenvalue weighted by atomic mass is 16.5. The smallest absolute Gasteiger partial charge is 0.277 e. The van der Waals surface area contributed by atoms with E-state index in [0.717, 1.165) is 31.5 Å². The highest BCUT2D eigenvalue weighted by Crippen LogP contribution is 2.26. The molecule has 1 aromatic heterocycles. The molecule has 0 N–H and O–H groups in total. The average Bonchev–Trinajstić information content (AvgIpc) is 3.13. The number of piperazine rings is 2. The number of aromatic nitrogens is 1. The molecule has 0 spiro atoms. The first kappa shape index (κ1) is 22.8. The van der Waals surface area contributed by atoms with Crippen molar-refractivity contribution in [2.75, 3.05) is 39.3 Å². The van der Waals surface area contributed by atoms with Crippen molar-refractivity contribution in [3.05, 3.63) is 17.0 Å². The fourth-order valence-corrected chi connectivity index (χ4v) is 5.10. The summed E-state index contributed by atoms with van der Waals surface area (Å²) in [5.41, 5.74) is 1.05. The van der Waals surface area contributed by atoms with Gasteiger partial charge in [-0.1, -0.05) is 25.4 Å². The Bertz CT molecular complexity index is 876. The summed E-state index contributed by atoms with van der Waals surface area (Å²) in [5, 5.41) is 4.08. The minimum atomic E-state index is -0.636. The quantitative estimate of drug-likeness (QED) is 0.683. The second kappa shape index (κ2) is 9.21. The van der Waals surface area contributed by atoms with E-state index in [2.05, 4.69) is 23.9 Å². The molecule has 3 fully saturated rings. The summed E-state index contributed by atoms with van der Waals surface area (Å²) in [4.78, 5) is 47.1. The summed E-state index contributed by atoms with van der Waals surface area (Å²) in [5.74, 6) is 0.395. The van der Waals surface area contributed by atoms with Gasteiger partial charge in [-0.2, -0.15) is 0 Å². The lowest BCUT2D eigenvalue weighted by molar-refractivity contribution is -0.160. The highest BCUT2D eigenvalue weighted by Gasteiger charge is 2.47. The Morgan fingerprint density at radius 1 is 1.09 bits per heavy atom. The Balaban J connectivity index is 1.55. The van der Waals surface area contributed by atoms with Gasteiger partial charge in [0, 0.05) is 31.7 Å². The van der Waals surface area contributed by atoms with Gasteiger partial charge in [0.1, 0.15) is 17.8 Å². The molecule has 9 heteroatoms. The predicted octanol–water partition coefficient (Wildman–Crippen LogP) is 1.51. The minimum Gasteiger partial charge on any atom is -0.361 e. The Kier molecular flexibility index (Phi) is 6.55. The zero-order valence-corrected chi connectivity index (χ0v) is 19.7. The van der Waals surface area contributed by atoms with E-state index in [0.29, 0.717) is 37.9 Å². The van der Waals surface area contributed by atoms with Crippen molar-refractivity contribution >= 4 is 17.7 Å². The van der Waals surface area contributed by atoms with Gasteiger partial charge in [-0.15, -0.1) is 0 Å². The van der Waals surface area contributed by atoms with Crippen molar-refractivity contribution in [2.24, 2.45) is 5.92 Å². The second-order valence-electron chi connectivity index (χ2n) is 9.76. The van der Waals surface area contributed by atoms with Crippen LogP contribution in [0.2, 0.25) is 0 Å². The molecule has 1 aromatic rings. The maximum Gasteiger partial charge on any atom is 0.277 e. The first-order valence-corrected chi connectivity index (χ1v) is 11.9. The third-order valence-electron chi connectivity index (χ3n) is 6.93. The van der Waals surface area contributed by atoms with Crippen LogP contribution in [-0.4, -0.2) is 93.8 Å². The van der Waals surface area contributed by atoms with Crippen LogP contribution >= 0.6 is 0 Å². The Morgan fingerprint density at radius 2 is 1.81 bits per heavy atom. The Morgan fingerprint density at radius 3 is 2.50 bits per heavy atom. The molecule has 32 heavy (non-hydrogen) atoms. The lowest BCUT2D eigenvalue weighted by Crippen LogP contribution is -2.70. The van der Waals surface area contributed by atoms with E-state index in [1.54, 1.807) is 11.8 Å². The maximum atomic E-state index is 13.6. The third kappa shape index (κ3) is 4.27. The number of hydrogen-bond acceptors (Lipinski definition) is 6. The summed E-state index contributed by atoms with van der Waals surface area (Å²) in [6.45, 7) is 12.2. The summed E-state index contributed by atoms with van der Waals surface area (Å²) in [7, 11) is 0. The van der Waals surface area contributed by atoms with Gasteiger partial charge < -0.3 is 19.2 Å². The number of aryl methyl sites for hydroxylation is 1. The van der Waals surface area contributed by atoms with Crippen LogP contribution in [0, 0.1) is 12.8 Å². The van der Waals surface area contributed by atoms with Gasteiger partial charge in [-0.3, -0.25) is 19.3 Å². The fourth-order valence-electron chi connectivity index (χ4n) is 5.10. The molecule has 3 aliphatic rings. The van der Waals surface area contributed by atoms with Crippen LogP contribution in [0.5, 0.6) is 0 Å². The number of likely N-dealkylation sites (tertiary alicyclic amines) is 1. The van der Waals surface area contributed by atoms with Crippen molar-refractivity contribution in [3.63, 3.8) is 0 Å². The van der Waals surface area contributed by atoms with E-state index in [1.165, 1.54) is 11.3 Å². The van der Waals surface area contributed by atoms with Crippen LogP contribution < -0.4 is 0 Å². The van der Waals surface area contributed by atoms with Gasteiger partial charge in [0.25, 0.3) is 5.91 Å². The topological polar surface area (TPSA) is 90.2 Å². The molecule has 2 atom stereocenters. The van der Waals surface area contributed by atoms with Crippen molar-refractivity contribution in [1.29, 1.82) is 0 Å². The molecule has 4 rings (SSSR count). The monoisotopic (exact) mass is 445 g/mol. The number of nitrogens with zero attached hydrogens (tertiary/aromatic N) is 5. The second-order valence-corrected chi connectivity index (χ2v) is 9.76. The Hall–Kier alpha value is -2.42. The largest absolute Gasteiger partial charge is 0.361 e. The van der Waals surface area contributed by atoms with Gasteiger partial charge >= 0.3 is 0 Å². The third-order valence-corrected chi connectivity index (χ3v) is 6.93. The molecule has 3 amide bonds. The van der Waals surface area contributed by atoms with Crippen molar-refractivity contribution in [1.82, 2.24) is 24.8 Å². The van der Waals surface area contributed by atoms with Crippen LogP contribution in [0.1, 0.15) is 61.8 Å². The number of carbonyl (C=O) groups is 3. The molecule has 3 aliphatic heterocycles. The molecule has 0 radical (unpaired) electrons. The number of hydrogen-bond donors (Lipinski definition) is 0. The minimum absolute atomic E-state index is 0.0760. The van der Waals surface area contributed by atoms with Crippen LogP contribution in [0.4, 0.5) is 0 Å². The van der Waals surface area contributed by atoms with E-state index in [4.69, 9.17) is 4.52 Å². The number of rotatable bonds is 5. The van der Waals surface area contributed by atoms with E-state index in [9.17, 15) is 14.4 Å². The van der Waals surface area contributed by atoms with Crippen LogP contribution in [0.25, 0.3) is 0 Å². The van der Waals surface area contributed by atoms with Crippen LogP contribution in [-0.2, 0) is 16.1 Å².